The smallest absolute Gasteiger partial charge is 0.227 e. The van der Waals surface area contributed by atoms with E-state index in [2.05, 4.69) is 5.32 Å². The van der Waals surface area contributed by atoms with E-state index < -0.39 is 0 Å². The van der Waals surface area contributed by atoms with Crippen LogP contribution in [-0.2, 0) is 16.0 Å². The van der Waals surface area contributed by atoms with E-state index in [4.69, 9.17) is 9.47 Å². The number of hydrogen-bond donors (Lipinski definition) is 1. The van der Waals surface area contributed by atoms with Crippen molar-refractivity contribution in [3.63, 3.8) is 0 Å². The molecule has 3 rings (SSSR count). The number of benzene rings is 2. The van der Waals surface area contributed by atoms with E-state index in [0.717, 1.165) is 11.1 Å². The zero-order valence-corrected chi connectivity index (χ0v) is 18.1. The van der Waals surface area contributed by atoms with Crippen LogP contribution in [0.4, 0.5) is 0 Å². The largest absolute Gasteiger partial charge is 0.497 e. The summed E-state index contributed by atoms with van der Waals surface area (Å²) in [5, 5.41) is 3.01. The average Bonchev–Trinajstić information content (AvgIpc) is 3.19. The number of carbonyl (C=O) groups excluding carboxylic acids is 2. The number of methoxy groups -OCH3 is 2. The minimum absolute atomic E-state index is 0.0264. The lowest BCUT2D eigenvalue weighted by molar-refractivity contribution is -0.130. The summed E-state index contributed by atoms with van der Waals surface area (Å²) < 4.78 is 10.9. The highest BCUT2D eigenvalue weighted by atomic mass is 16.5. The molecule has 0 aliphatic carbocycles. The molecule has 0 radical (unpaired) electrons. The predicted octanol–water partition coefficient (Wildman–Crippen LogP) is 3.01. The summed E-state index contributed by atoms with van der Waals surface area (Å²) in [7, 11) is 3.21. The van der Waals surface area contributed by atoms with Crippen LogP contribution in [0.2, 0.25) is 0 Å². The van der Waals surface area contributed by atoms with Gasteiger partial charge in [-0.05, 0) is 25.5 Å². The van der Waals surface area contributed by atoms with Gasteiger partial charge < -0.3 is 19.7 Å². The summed E-state index contributed by atoms with van der Waals surface area (Å²) in [4.78, 5) is 27.8. The summed E-state index contributed by atoms with van der Waals surface area (Å²) >= 11 is 0. The second kappa shape index (κ2) is 9.65. The molecular formula is C24H30N2O4. The van der Waals surface area contributed by atoms with Crippen LogP contribution in [0.5, 0.6) is 11.5 Å². The molecule has 0 spiro atoms. The Hall–Kier alpha value is -3.02. The third-order valence-electron chi connectivity index (χ3n) is 5.48. The first kappa shape index (κ1) is 21.7. The van der Waals surface area contributed by atoms with Crippen LogP contribution >= 0.6 is 0 Å². The summed E-state index contributed by atoms with van der Waals surface area (Å²) in [6.07, 6.45) is 0.325. The quantitative estimate of drug-likeness (QED) is 0.762. The standard InChI is InChI=1S/C24H30N2O4/c1-16(2)25-24(28)21-15-26(23(27)12-17-8-6-5-7-9-17)14-20(21)19-11-10-18(29-3)13-22(19)30-4/h5-11,13,16,20-21H,12,14-15H2,1-4H3,(H,25,28). The number of ether oxygens (including phenoxy) is 2. The molecule has 2 amide bonds. The molecule has 1 aliphatic heterocycles. The predicted molar refractivity (Wildman–Crippen MR) is 116 cm³/mol. The first-order chi connectivity index (χ1) is 14.4. The van der Waals surface area contributed by atoms with Gasteiger partial charge in [-0.15, -0.1) is 0 Å². The molecule has 30 heavy (non-hydrogen) atoms. The maximum absolute atomic E-state index is 13.0. The van der Waals surface area contributed by atoms with Crippen molar-refractivity contribution in [2.75, 3.05) is 27.3 Å². The van der Waals surface area contributed by atoms with E-state index in [-0.39, 0.29) is 29.7 Å². The maximum atomic E-state index is 13.0. The van der Waals surface area contributed by atoms with Crippen molar-refractivity contribution in [1.29, 1.82) is 0 Å². The van der Waals surface area contributed by atoms with Crippen molar-refractivity contribution in [2.45, 2.75) is 32.2 Å². The highest BCUT2D eigenvalue weighted by molar-refractivity contribution is 5.84. The SMILES string of the molecule is COc1ccc(C2CN(C(=O)Cc3ccccc3)CC2C(=O)NC(C)C)c(OC)c1. The van der Waals surface area contributed by atoms with Crippen molar-refractivity contribution in [1.82, 2.24) is 10.2 Å². The Balaban J connectivity index is 1.87. The highest BCUT2D eigenvalue weighted by Gasteiger charge is 2.41. The van der Waals surface area contributed by atoms with Gasteiger partial charge in [0.2, 0.25) is 11.8 Å². The minimum atomic E-state index is -0.339. The van der Waals surface area contributed by atoms with Crippen LogP contribution in [-0.4, -0.2) is 50.1 Å². The second-order valence-electron chi connectivity index (χ2n) is 7.95. The number of likely N-dealkylation sites (tertiary alicyclic amines) is 1. The fourth-order valence-electron chi connectivity index (χ4n) is 3.99. The molecule has 6 nitrogen and oxygen atoms in total. The fourth-order valence-corrected chi connectivity index (χ4v) is 3.99. The van der Waals surface area contributed by atoms with E-state index in [1.54, 1.807) is 19.1 Å². The highest BCUT2D eigenvalue weighted by Crippen LogP contribution is 2.39. The normalized spacial score (nSPS) is 18.4. The van der Waals surface area contributed by atoms with Gasteiger partial charge in [0, 0.05) is 36.7 Å². The van der Waals surface area contributed by atoms with Crippen LogP contribution in [0.15, 0.2) is 48.5 Å². The molecule has 1 aliphatic rings. The lowest BCUT2D eigenvalue weighted by atomic mass is 9.87. The number of nitrogens with zero attached hydrogens (tertiary/aromatic N) is 1. The Morgan fingerprint density at radius 1 is 1.07 bits per heavy atom. The monoisotopic (exact) mass is 410 g/mol. The molecule has 160 valence electrons. The van der Waals surface area contributed by atoms with Gasteiger partial charge in [-0.3, -0.25) is 9.59 Å². The topological polar surface area (TPSA) is 67.9 Å². The number of hydrogen-bond acceptors (Lipinski definition) is 4. The van der Waals surface area contributed by atoms with Gasteiger partial charge in [-0.25, -0.2) is 0 Å². The summed E-state index contributed by atoms with van der Waals surface area (Å²) in [5.74, 6) is 0.855. The molecule has 0 bridgehead atoms. The van der Waals surface area contributed by atoms with E-state index in [1.807, 2.05) is 62.4 Å². The third kappa shape index (κ3) is 4.93. The van der Waals surface area contributed by atoms with Crippen LogP contribution in [0.1, 0.15) is 30.9 Å². The molecule has 0 saturated carbocycles. The van der Waals surface area contributed by atoms with Gasteiger partial charge in [-0.1, -0.05) is 36.4 Å². The van der Waals surface area contributed by atoms with Gasteiger partial charge in [0.15, 0.2) is 0 Å². The Morgan fingerprint density at radius 3 is 2.43 bits per heavy atom. The Morgan fingerprint density at radius 2 is 1.80 bits per heavy atom. The van der Waals surface area contributed by atoms with Crippen LogP contribution in [0, 0.1) is 5.92 Å². The second-order valence-corrected chi connectivity index (χ2v) is 7.95. The first-order valence-electron chi connectivity index (χ1n) is 10.3. The van der Waals surface area contributed by atoms with Gasteiger partial charge in [-0.2, -0.15) is 0 Å². The number of amides is 2. The minimum Gasteiger partial charge on any atom is -0.497 e. The molecule has 2 aromatic rings. The molecule has 1 fully saturated rings. The summed E-state index contributed by atoms with van der Waals surface area (Å²) in [6, 6.07) is 15.3. The van der Waals surface area contributed by atoms with E-state index in [9.17, 15) is 9.59 Å². The molecule has 2 atom stereocenters. The van der Waals surface area contributed by atoms with E-state index in [0.29, 0.717) is 31.0 Å². The van der Waals surface area contributed by atoms with Crippen LogP contribution in [0.25, 0.3) is 0 Å². The summed E-state index contributed by atoms with van der Waals surface area (Å²) in [6.45, 7) is 4.75. The van der Waals surface area contributed by atoms with Crippen molar-refractivity contribution < 1.29 is 19.1 Å². The zero-order valence-electron chi connectivity index (χ0n) is 18.1. The van der Waals surface area contributed by atoms with Gasteiger partial charge in [0.05, 0.1) is 26.6 Å². The maximum Gasteiger partial charge on any atom is 0.227 e. The molecule has 6 heteroatoms. The van der Waals surface area contributed by atoms with Crippen LogP contribution < -0.4 is 14.8 Å². The van der Waals surface area contributed by atoms with E-state index in [1.165, 1.54) is 0 Å². The molecule has 2 aromatic carbocycles. The molecular weight excluding hydrogens is 380 g/mol. The number of rotatable bonds is 7. The Bertz CT molecular complexity index is 882. The van der Waals surface area contributed by atoms with Gasteiger partial charge in [0.25, 0.3) is 0 Å². The molecule has 1 saturated heterocycles. The number of carbonyl (C=O) groups is 2. The molecule has 0 aromatic heterocycles. The third-order valence-corrected chi connectivity index (χ3v) is 5.48. The first-order valence-corrected chi connectivity index (χ1v) is 10.3. The molecule has 2 unspecified atom stereocenters. The van der Waals surface area contributed by atoms with Crippen molar-refractivity contribution in [3.05, 3.63) is 59.7 Å². The van der Waals surface area contributed by atoms with Crippen molar-refractivity contribution >= 4 is 11.8 Å². The lowest BCUT2D eigenvalue weighted by Gasteiger charge is -2.21. The average molecular weight is 411 g/mol. The van der Waals surface area contributed by atoms with Gasteiger partial charge >= 0.3 is 0 Å². The zero-order chi connectivity index (χ0) is 21.7. The molecule has 1 N–H and O–H groups in total. The molecule has 1 heterocycles. The van der Waals surface area contributed by atoms with Crippen molar-refractivity contribution in [3.8, 4) is 11.5 Å². The Labute approximate surface area is 178 Å². The Kier molecular flexibility index (Phi) is 6.98. The van der Waals surface area contributed by atoms with Gasteiger partial charge in [0.1, 0.15) is 11.5 Å². The summed E-state index contributed by atoms with van der Waals surface area (Å²) in [5.41, 5.74) is 1.88. The fraction of sp³-hybridized carbons (Fsp3) is 0.417. The van der Waals surface area contributed by atoms with E-state index >= 15 is 0 Å². The van der Waals surface area contributed by atoms with Crippen LogP contribution in [0.3, 0.4) is 0 Å². The number of nitrogens with one attached hydrogen (secondary N) is 1. The van der Waals surface area contributed by atoms with Crippen molar-refractivity contribution in [2.24, 2.45) is 5.92 Å². The lowest BCUT2D eigenvalue weighted by Crippen LogP contribution is -2.39.